The van der Waals surface area contributed by atoms with Crippen LogP contribution in [0.25, 0.3) is 0 Å². The first-order chi connectivity index (χ1) is 10.5. The van der Waals surface area contributed by atoms with Crippen LogP contribution in [0.3, 0.4) is 0 Å². The number of amides is 1. The van der Waals surface area contributed by atoms with Crippen molar-refractivity contribution < 1.29 is 23.5 Å². The Labute approximate surface area is 127 Å². The van der Waals surface area contributed by atoms with Gasteiger partial charge in [0.05, 0.1) is 6.42 Å². The molecular formula is C16H19F2NO3. The van der Waals surface area contributed by atoms with Gasteiger partial charge in [-0.3, -0.25) is 9.59 Å². The van der Waals surface area contributed by atoms with E-state index in [-0.39, 0.29) is 24.8 Å². The number of halogens is 2. The average Bonchev–Trinajstić information content (AvgIpc) is 2.49. The molecule has 0 unspecified atom stereocenters. The van der Waals surface area contributed by atoms with Gasteiger partial charge < -0.3 is 10.0 Å². The maximum Gasteiger partial charge on any atom is 0.303 e. The molecule has 0 bridgehead atoms. The van der Waals surface area contributed by atoms with Crippen LogP contribution >= 0.6 is 0 Å². The van der Waals surface area contributed by atoms with E-state index in [0.717, 1.165) is 31.4 Å². The van der Waals surface area contributed by atoms with Gasteiger partial charge in [0.25, 0.3) is 0 Å². The van der Waals surface area contributed by atoms with E-state index < -0.39 is 17.6 Å². The summed E-state index contributed by atoms with van der Waals surface area (Å²) < 4.78 is 26.1. The Morgan fingerprint density at radius 1 is 1.23 bits per heavy atom. The summed E-state index contributed by atoms with van der Waals surface area (Å²) in [6, 6.07) is 3.36. The molecule has 6 heteroatoms. The number of carbonyl (C=O) groups is 2. The normalized spacial score (nSPS) is 18.3. The highest BCUT2D eigenvalue weighted by Gasteiger charge is 2.27. The minimum absolute atomic E-state index is 0.000765. The number of carboxylic acids is 1. The zero-order valence-corrected chi connectivity index (χ0v) is 12.2. The molecule has 0 radical (unpaired) electrons. The highest BCUT2D eigenvalue weighted by Crippen LogP contribution is 2.22. The van der Waals surface area contributed by atoms with Crippen LogP contribution in [-0.4, -0.2) is 34.5 Å². The smallest absolute Gasteiger partial charge is 0.303 e. The number of benzene rings is 1. The van der Waals surface area contributed by atoms with Crippen LogP contribution in [0.5, 0.6) is 0 Å². The average molecular weight is 311 g/mol. The number of carbonyl (C=O) groups excluding carboxylic acids is 1. The molecule has 0 spiro atoms. The number of hydrogen-bond donors (Lipinski definition) is 1. The van der Waals surface area contributed by atoms with Crippen molar-refractivity contribution in [3.63, 3.8) is 0 Å². The van der Waals surface area contributed by atoms with Gasteiger partial charge in [-0.15, -0.1) is 0 Å². The van der Waals surface area contributed by atoms with Gasteiger partial charge in [-0.2, -0.15) is 0 Å². The molecule has 0 aliphatic carbocycles. The number of rotatable bonds is 5. The lowest BCUT2D eigenvalue weighted by Crippen LogP contribution is -2.44. The molecule has 1 aromatic carbocycles. The fourth-order valence-electron chi connectivity index (χ4n) is 2.84. The quantitative estimate of drug-likeness (QED) is 0.909. The first-order valence-corrected chi connectivity index (χ1v) is 7.42. The van der Waals surface area contributed by atoms with Gasteiger partial charge >= 0.3 is 5.97 Å². The SMILES string of the molecule is O=C(O)CC[C@H]1CCCCN1C(=O)Cc1ccc(F)c(F)c1. The van der Waals surface area contributed by atoms with Crippen molar-refractivity contribution in [3.05, 3.63) is 35.4 Å². The lowest BCUT2D eigenvalue weighted by Gasteiger charge is -2.35. The van der Waals surface area contributed by atoms with Gasteiger partial charge in [-0.1, -0.05) is 6.07 Å². The van der Waals surface area contributed by atoms with E-state index in [4.69, 9.17) is 5.11 Å². The Kier molecular flexibility index (Phi) is 5.46. The van der Waals surface area contributed by atoms with E-state index in [2.05, 4.69) is 0 Å². The standard InChI is InChI=1S/C16H19F2NO3/c17-13-6-4-11(9-14(13)18)10-15(20)19-8-2-1-3-12(19)5-7-16(21)22/h4,6,9,12H,1-3,5,7-8,10H2,(H,21,22)/t12-/m1/s1. The summed E-state index contributed by atoms with van der Waals surface area (Å²) in [6.45, 7) is 0.590. The first kappa shape index (κ1) is 16.4. The fraction of sp³-hybridized carbons (Fsp3) is 0.500. The summed E-state index contributed by atoms with van der Waals surface area (Å²) in [6.07, 6.45) is 3.10. The van der Waals surface area contributed by atoms with Crippen molar-refractivity contribution in [1.29, 1.82) is 0 Å². The van der Waals surface area contributed by atoms with Crippen LogP contribution < -0.4 is 0 Å². The molecule has 0 saturated carbocycles. The van der Waals surface area contributed by atoms with Gasteiger partial charge in [-0.25, -0.2) is 8.78 Å². The Balaban J connectivity index is 2.01. The fourth-order valence-corrected chi connectivity index (χ4v) is 2.84. The topological polar surface area (TPSA) is 57.6 Å². The van der Waals surface area contributed by atoms with Crippen molar-refractivity contribution in [3.8, 4) is 0 Å². The molecule has 1 aliphatic rings. The number of likely N-dealkylation sites (tertiary alicyclic amines) is 1. The number of hydrogen-bond acceptors (Lipinski definition) is 2. The predicted octanol–water partition coefficient (Wildman–Crippen LogP) is 2.75. The second kappa shape index (κ2) is 7.33. The summed E-state index contributed by atoms with van der Waals surface area (Å²) in [7, 11) is 0. The Morgan fingerprint density at radius 3 is 2.68 bits per heavy atom. The van der Waals surface area contributed by atoms with Crippen LogP contribution in [0.1, 0.15) is 37.7 Å². The van der Waals surface area contributed by atoms with Crippen LogP contribution in [0, 0.1) is 11.6 Å². The van der Waals surface area contributed by atoms with Crippen molar-refractivity contribution >= 4 is 11.9 Å². The lowest BCUT2D eigenvalue weighted by atomic mass is 9.97. The summed E-state index contributed by atoms with van der Waals surface area (Å²) in [5.41, 5.74) is 0.423. The largest absolute Gasteiger partial charge is 0.481 e. The molecule has 2 rings (SSSR count). The molecule has 1 N–H and O–H groups in total. The van der Waals surface area contributed by atoms with Gasteiger partial charge in [0, 0.05) is 19.0 Å². The zero-order chi connectivity index (χ0) is 16.1. The van der Waals surface area contributed by atoms with E-state index in [1.54, 1.807) is 4.90 Å². The Bertz CT molecular complexity index is 562. The zero-order valence-electron chi connectivity index (χ0n) is 12.2. The maximum atomic E-state index is 13.2. The van der Waals surface area contributed by atoms with Crippen LogP contribution in [0.15, 0.2) is 18.2 Å². The third-order valence-electron chi connectivity index (χ3n) is 3.98. The molecule has 0 aromatic heterocycles. The molecule has 1 aliphatic heterocycles. The second-order valence-corrected chi connectivity index (χ2v) is 5.59. The van der Waals surface area contributed by atoms with Crippen LogP contribution in [-0.2, 0) is 16.0 Å². The van der Waals surface area contributed by atoms with Crippen molar-refractivity contribution in [2.24, 2.45) is 0 Å². The van der Waals surface area contributed by atoms with E-state index in [1.807, 2.05) is 0 Å². The Morgan fingerprint density at radius 2 is 2.00 bits per heavy atom. The molecule has 1 aromatic rings. The monoisotopic (exact) mass is 311 g/mol. The van der Waals surface area contributed by atoms with Crippen molar-refractivity contribution in [2.75, 3.05) is 6.54 Å². The molecule has 120 valence electrons. The van der Waals surface area contributed by atoms with Crippen LogP contribution in [0.4, 0.5) is 8.78 Å². The summed E-state index contributed by atoms with van der Waals surface area (Å²) in [5.74, 6) is -2.94. The third-order valence-corrected chi connectivity index (χ3v) is 3.98. The number of nitrogens with zero attached hydrogens (tertiary/aromatic N) is 1. The van der Waals surface area contributed by atoms with Crippen molar-refractivity contribution in [2.45, 2.75) is 44.6 Å². The van der Waals surface area contributed by atoms with Crippen LogP contribution in [0.2, 0.25) is 0 Å². The lowest BCUT2D eigenvalue weighted by molar-refractivity contribution is -0.139. The van der Waals surface area contributed by atoms with Crippen molar-refractivity contribution in [1.82, 2.24) is 4.90 Å². The molecule has 4 nitrogen and oxygen atoms in total. The van der Waals surface area contributed by atoms with E-state index >= 15 is 0 Å². The minimum Gasteiger partial charge on any atom is -0.481 e. The molecule has 1 amide bonds. The first-order valence-electron chi connectivity index (χ1n) is 7.42. The van der Waals surface area contributed by atoms with Gasteiger partial charge in [0.1, 0.15) is 0 Å². The molecule has 1 saturated heterocycles. The molecule has 1 atom stereocenters. The highest BCUT2D eigenvalue weighted by atomic mass is 19.2. The number of aliphatic carboxylic acids is 1. The van der Waals surface area contributed by atoms with E-state index in [1.165, 1.54) is 6.07 Å². The van der Waals surface area contributed by atoms with Gasteiger partial charge in [-0.05, 0) is 43.4 Å². The van der Waals surface area contributed by atoms with E-state index in [9.17, 15) is 18.4 Å². The highest BCUT2D eigenvalue weighted by molar-refractivity contribution is 5.79. The maximum absolute atomic E-state index is 13.2. The molecule has 1 heterocycles. The number of piperidine rings is 1. The molecular weight excluding hydrogens is 292 g/mol. The van der Waals surface area contributed by atoms with Gasteiger partial charge in [0.2, 0.25) is 5.91 Å². The third kappa shape index (κ3) is 4.26. The number of carboxylic acid groups (broad SMARTS) is 1. The minimum atomic E-state index is -0.966. The Hall–Kier alpha value is -1.98. The van der Waals surface area contributed by atoms with E-state index in [0.29, 0.717) is 18.5 Å². The van der Waals surface area contributed by atoms with Gasteiger partial charge in [0.15, 0.2) is 11.6 Å². The summed E-state index contributed by atoms with van der Waals surface area (Å²) in [5, 5.41) is 8.78. The molecule has 22 heavy (non-hydrogen) atoms. The molecule has 1 fully saturated rings. The second-order valence-electron chi connectivity index (χ2n) is 5.59. The summed E-state index contributed by atoms with van der Waals surface area (Å²) in [4.78, 5) is 24.8. The predicted molar refractivity (Wildman–Crippen MR) is 76.3 cm³/mol. The summed E-state index contributed by atoms with van der Waals surface area (Å²) >= 11 is 0.